The summed E-state index contributed by atoms with van der Waals surface area (Å²) >= 11 is 6.47. The molecule has 0 aliphatic rings. The Hall–Kier alpha value is -2.13. The molecule has 0 heterocycles. The quantitative estimate of drug-likeness (QED) is 0.494. The lowest BCUT2D eigenvalue weighted by Crippen LogP contribution is -2.21. The molecule has 3 heteroatoms. The van der Waals surface area contributed by atoms with Crippen molar-refractivity contribution in [3.05, 3.63) is 95.0 Å². The van der Waals surface area contributed by atoms with Gasteiger partial charge in [0, 0.05) is 17.1 Å². The molecule has 3 rings (SSSR count). The predicted octanol–water partition coefficient (Wildman–Crippen LogP) is 5.31. The van der Waals surface area contributed by atoms with Gasteiger partial charge in [-0.25, -0.2) is 0 Å². The number of halogens is 1. The summed E-state index contributed by atoms with van der Waals surface area (Å²) in [5.74, 6) is 0.404. The fourth-order valence-corrected chi connectivity index (χ4v) is 3.74. The van der Waals surface area contributed by atoms with Crippen LogP contribution in [-0.2, 0) is 6.42 Å². The average Bonchev–Trinajstić information content (AvgIpc) is 2.72. The van der Waals surface area contributed by atoms with Crippen molar-refractivity contribution in [2.45, 2.75) is 18.8 Å². The zero-order chi connectivity index (χ0) is 18.9. The molecule has 27 heavy (non-hydrogen) atoms. The minimum absolute atomic E-state index is 0.172. The van der Waals surface area contributed by atoms with Gasteiger partial charge in [-0.2, -0.15) is 0 Å². The van der Waals surface area contributed by atoms with Gasteiger partial charge in [0.1, 0.15) is 0 Å². The fraction of sp³-hybridized carbons (Fsp3) is 0.250. The number of nitrogens with one attached hydrogen (secondary N) is 1. The number of rotatable bonds is 9. The van der Waals surface area contributed by atoms with Crippen LogP contribution >= 0.6 is 11.6 Å². The Morgan fingerprint density at radius 1 is 0.778 bits per heavy atom. The standard InChI is InChI=1S/C24H26ClNO/c25-24-13-7-6-12-23(24)22-11-5-4-10-21(22)18-20(14-15-26-16-17-27)19-8-2-1-3-9-19/h1-13,20,26-27H,14-18H2/t20-/m0/s1. The molecule has 0 aliphatic heterocycles. The van der Waals surface area contributed by atoms with E-state index in [1.54, 1.807) is 0 Å². The van der Waals surface area contributed by atoms with Gasteiger partial charge in [0.25, 0.3) is 0 Å². The van der Waals surface area contributed by atoms with Crippen LogP contribution in [0.5, 0.6) is 0 Å². The molecule has 0 spiro atoms. The maximum absolute atomic E-state index is 9.00. The van der Waals surface area contributed by atoms with E-state index in [1.807, 2.05) is 18.2 Å². The molecule has 0 bridgehead atoms. The van der Waals surface area contributed by atoms with Crippen molar-refractivity contribution in [1.82, 2.24) is 5.32 Å². The SMILES string of the molecule is OCCNCC[C@@H](Cc1ccccc1-c1ccccc1Cl)c1ccccc1. The normalized spacial score (nSPS) is 12.1. The van der Waals surface area contributed by atoms with Crippen LogP contribution in [0.4, 0.5) is 0 Å². The summed E-state index contributed by atoms with van der Waals surface area (Å²) in [6.45, 7) is 1.69. The molecule has 0 saturated carbocycles. The first kappa shape index (κ1) is 19.6. The smallest absolute Gasteiger partial charge is 0.0555 e. The maximum Gasteiger partial charge on any atom is 0.0555 e. The number of aliphatic hydroxyl groups excluding tert-OH is 1. The lowest BCUT2D eigenvalue weighted by atomic mass is 9.86. The molecule has 3 aromatic carbocycles. The van der Waals surface area contributed by atoms with Crippen LogP contribution in [0.2, 0.25) is 5.02 Å². The van der Waals surface area contributed by atoms with Gasteiger partial charge >= 0.3 is 0 Å². The Kier molecular flexibility index (Phi) is 7.46. The van der Waals surface area contributed by atoms with Crippen molar-refractivity contribution in [2.24, 2.45) is 0 Å². The van der Waals surface area contributed by atoms with Crippen molar-refractivity contribution in [2.75, 3.05) is 19.7 Å². The maximum atomic E-state index is 9.00. The summed E-state index contributed by atoms with van der Waals surface area (Å²) in [7, 11) is 0. The van der Waals surface area contributed by atoms with Crippen LogP contribution in [0.15, 0.2) is 78.9 Å². The van der Waals surface area contributed by atoms with Gasteiger partial charge in [-0.1, -0.05) is 84.4 Å². The summed E-state index contributed by atoms with van der Waals surface area (Å²) < 4.78 is 0. The largest absolute Gasteiger partial charge is 0.395 e. The number of hydrogen-bond donors (Lipinski definition) is 2. The van der Waals surface area contributed by atoms with Crippen LogP contribution < -0.4 is 5.32 Å². The van der Waals surface area contributed by atoms with Crippen molar-refractivity contribution in [3.8, 4) is 11.1 Å². The zero-order valence-electron chi connectivity index (χ0n) is 15.4. The molecule has 3 aromatic rings. The van der Waals surface area contributed by atoms with E-state index in [9.17, 15) is 0 Å². The Bertz CT molecular complexity index is 835. The number of aliphatic hydroxyl groups is 1. The third kappa shape index (κ3) is 5.43. The number of benzene rings is 3. The molecule has 0 fully saturated rings. The Morgan fingerprint density at radius 3 is 2.19 bits per heavy atom. The van der Waals surface area contributed by atoms with Crippen molar-refractivity contribution in [3.63, 3.8) is 0 Å². The van der Waals surface area contributed by atoms with Crippen LogP contribution in [-0.4, -0.2) is 24.8 Å². The Morgan fingerprint density at radius 2 is 1.44 bits per heavy atom. The second kappa shape index (κ2) is 10.3. The van der Waals surface area contributed by atoms with E-state index >= 15 is 0 Å². The third-order valence-corrected chi connectivity index (χ3v) is 5.21. The first-order valence-corrected chi connectivity index (χ1v) is 9.86. The van der Waals surface area contributed by atoms with Gasteiger partial charge in [0.2, 0.25) is 0 Å². The van der Waals surface area contributed by atoms with Crippen molar-refractivity contribution >= 4 is 11.6 Å². The van der Waals surface area contributed by atoms with E-state index in [1.165, 1.54) is 16.7 Å². The Labute approximate surface area is 166 Å². The molecule has 0 radical (unpaired) electrons. The third-order valence-electron chi connectivity index (χ3n) is 4.88. The van der Waals surface area contributed by atoms with E-state index in [0.717, 1.165) is 30.0 Å². The van der Waals surface area contributed by atoms with E-state index in [-0.39, 0.29) is 6.61 Å². The average molecular weight is 380 g/mol. The summed E-state index contributed by atoms with van der Waals surface area (Å²) in [5, 5.41) is 13.1. The zero-order valence-corrected chi connectivity index (χ0v) is 16.2. The summed E-state index contributed by atoms with van der Waals surface area (Å²) in [6.07, 6.45) is 1.97. The highest BCUT2D eigenvalue weighted by Crippen LogP contribution is 2.33. The lowest BCUT2D eigenvalue weighted by Gasteiger charge is -2.20. The monoisotopic (exact) mass is 379 g/mol. The van der Waals surface area contributed by atoms with Crippen LogP contribution in [0.25, 0.3) is 11.1 Å². The highest BCUT2D eigenvalue weighted by Gasteiger charge is 2.15. The molecule has 0 amide bonds. The predicted molar refractivity (Wildman–Crippen MR) is 114 cm³/mol. The van der Waals surface area contributed by atoms with Crippen LogP contribution in [0.1, 0.15) is 23.5 Å². The Balaban J connectivity index is 1.87. The van der Waals surface area contributed by atoms with Gasteiger partial charge in [-0.05, 0) is 48.1 Å². The minimum atomic E-state index is 0.172. The minimum Gasteiger partial charge on any atom is -0.395 e. The summed E-state index contributed by atoms with van der Waals surface area (Å²) in [5.41, 5.74) is 4.94. The van der Waals surface area contributed by atoms with Gasteiger partial charge in [-0.3, -0.25) is 0 Å². The topological polar surface area (TPSA) is 32.3 Å². The van der Waals surface area contributed by atoms with Gasteiger partial charge in [0.05, 0.1) is 6.61 Å². The molecule has 0 saturated heterocycles. The van der Waals surface area contributed by atoms with Gasteiger partial charge in [0.15, 0.2) is 0 Å². The molecule has 0 aliphatic carbocycles. The van der Waals surface area contributed by atoms with Crippen LogP contribution in [0.3, 0.4) is 0 Å². The molecule has 140 valence electrons. The van der Waals surface area contributed by atoms with Crippen molar-refractivity contribution in [1.29, 1.82) is 0 Å². The molecule has 2 N–H and O–H groups in total. The second-order valence-corrected chi connectivity index (χ2v) is 7.12. The fourth-order valence-electron chi connectivity index (χ4n) is 3.50. The molecular weight excluding hydrogens is 354 g/mol. The van der Waals surface area contributed by atoms with E-state index in [4.69, 9.17) is 16.7 Å². The summed E-state index contributed by atoms with van der Waals surface area (Å²) in [6, 6.07) is 27.2. The molecule has 0 unspecified atom stereocenters. The van der Waals surface area contributed by atoms with E-state index in [2.05, 4.69) is 66.0 Å². The van der Waals surface area contributed by atoms with E-state index in [0.29, 0.717) is 12.5 Å². The number of hydrogen-bond acceptors (Lipinski definition) is 2. The summed E-state index contributed by atoms with van der Waals surface area (Å²) in [4.78, 5) is 0. The lowest BCUT2D eigenvalue weighted by molar-refractivity contribution is 0.291. The molecule has 2 nitrogen and oxygen atoms in total. The highest BCUT2D eigenvalue weighted by atomic mass is 35.5. The van der Waals surface area contributed by atoms with E-state index < -0.39 is 0 Å². The van der Waals surface area contributed by atoms with Gasteiger partial charge < -0.3 is 10.4 Å². The molecule has 0 aromatic heterocycles. The first-order chi connectivity index (χ1) is 13.3. The second-order valence-electron chi connectivity index (χ2n) is 6.71. The van der Waals surface area contributed by atoms with Crippen molar-refractivity contribution < 1.29 is 5.11 Å². The highest BCUT2D eigenvalue weighted by molar-refractivity contribution is 6.33. The molecular formula is C24H26ClNO. The first-order valence-electron chi connectivity index (χ1n) is 9.49. The van der Waals surface area contributed by atoms with Gasteiger partial charge in [-0.15, -0.1) is 0 Å². The molecule has 1 atom stereocenters. The van der Waals surface area contributed by atoms with Crippen LogP contribution in [0, 0.1) is 0 Å².